The van der Waals surface area contributed by atoms with Gasteiger partial charge < -0.3 is 15.0 Å². The summed E-state index contributed by atoms with van der Waals surface area (Å²) >= 11 is 5.78. The number of amides is 1. The van der Waals surface area contributed by atoms with E-state index in [-0.39, 0.29) is 30.3 Å². The zero-order chi connectivity index (χ0) is 20.1. The van der Waals surface area contributed by atoms with Gasteiger partial charge in [0.1, 0.15) is 0 Å². The maximum absolute atomic E-state index is 12.1. The molecule has 1 aromatic heterocycles. The number of hydrogen-bond donors (Lipinski definition) is 2. The van der Waals surface area contributed by atoms with Crippen molar-refractivity contribution in [3.63, 3.8) is 0 Å². The molecule has 1 amide bonds. The molecule has 1 heterocycles. The van der Waals surface area contributed by atoms with E-state index in [0.717, 1.165) is 0 Å². The van der Waals surface area contributed by atoms with E-state index in [1.165, 1.54) is 0 Å². The zero-order valence-corrected chi connectivity index (χ0v) is 15.8. The Labute approximate surface area is 165 Å². The number of nitrogens with one attached hydrogen (secondary N) is 2. The van der Waals surface area contributed by atoms with E-state index >= 15 is 0 Å². The van der Waals surface area contributed by atoms with E-state index in [4.69, 9.17) is 16.3 Å². The van der Waals surface area contributed by atoms with Crippen molar-refractivity contribution in [1.82, 2.24) is 15.3 Å². The molecule has 0 spiro atoms. The highest BCUT2D eigenvalue weighted by molar-refractivity contribution is 6.30. The van der Waals surface area contributed by atoms with Crippen molar-refractivity contribution in [2.45, 2.75) is 19.4 Å². The third kappa shape index (κ3) is 4.75. The average molecular weight is 400 g/mol. The normalized spacial score (nSPS) is 11.8. The van der Waals surface area contributed by atoms with Crippen LogP contribution in [0.3, 0.4) is 0 Å². The van der Waals surface area contributed by atoms with Gasteiger partial charge in [-0.2, -0.15) is 0 Å². The fraction of sp³-hybridized carbons (Fsp3) is 0.200. The lowest BCUT2D eigenvalue weighted by Gasteiger charge is -2.13. The van der Waals surface area contributed by atoms with Gasteiger partial charge in [0.15, 0.2) is 11.9 Å². The number of ether oxygens (including phenoxy) is 1. The molecule has 28 heavy (non-hydrogen) atoms. The smallest absolute Gasteiger partial charge is 0.308 e. The molecule has 3 aromatic rings. The molecule has 0 bridgehead atoms. The Kier molecular flexibility index (Phi) is 6.06. The topological polar surface area (TPSA) is 101 Å². The van der Waals surface area contributed by atoms with Crippen LogP contribution in [0.15, 0.2) is 53.3 Å². The Bertz CT molecular complexity index is 1060. The predicted octanol–water partition coefficient (Wildman–Crippen LogP) is 3.00. The van der Waals surface area contributed by atoms with E-state index in [0.29, 0.717) is 21.5 Å². The first kappa shape index (κ1) is 19.6. The molecule has 0 saturated carbocycles. The number of aromatic nitrogens is 2. The Hall–Kier alpha value is -3.19. The van der Waals surface area contributed by atoms with Crippen LogP contribution in [-0.2, 0) is 9.53 Å². The van der Waals surface area contributed by atoms with Gasteiger partial charge in [0, 0.05) is 17.1 Å². The minimum Gasteiger partial charge on any atom is -0.454 e. The molecule has 8 heteroatoms. The van der Waals surface area contributed by atoms with E-state index in [1.54, 1.807) is 55.5 Å². The van der Waals surface area contributed by atoms with Gasteiger partial charge >= 0.3 is 5.97 Å². The second-order valence-electron chi connectivity index (χ2n) is 6.11. The number of esters is 1. The molecule has 0 radical (unpaired) electrons. The Balaban J connectivity index is 1.54. The fourth-order valence-corrected chi connectivity index (χ4v) is 2.72. The number of carbonyl (C=O) groups excluding carboxylic acids is 2. The number of nitrogens with zero attached hydrogens (tertiary/aromatic N) is 1. The highest BCUT2D eigenvalue weighted by Gasteiger charge is 2.16. The first-order valence-corrected chi connectivity index (χ1v) is 9.04. The molecule has 2 N–H and O–H groups in total. The molecule has 0 fully saturated rings. The molecule has 144 valence electrons. The summed E-state index contributed by atoms with van der Waals surface area (Å²) in [7, 11) is 0. The maximum Gasteiger partial charge on any atom is 0.308 e. The molecular weight excluding hydrogens is 382 g/mol. The van der Waals surface area contributed by atoms with Gasteiger partial charge in [-0.15, -0.1) is 0 Å². The van der Waals surface area contributed by atoms with E-state index in [2.05, 4.69) is 15.3 Å². The van der Waals surface area contributed by atoms with Crippen LogP contribution >= 0.6 is 11.6 Å². The van der Waals surface area contributed by atoms with Crippen molar-refractivity contribution < 1.29 is 14.3 Å². The molecule has 0 aliphatic carbocycles. The Morgan fingerprint density at radius 2 is 1.89 bits per heavy atom. The minimum absolute atomic E-state index is 0.0124. The number of benzene rings is 2. The highest BCUT2D eigenvalue weighted by atomic mass is 35.5. The van der Waals surface area contributed by atoms with Crippen LogP contribution in [0.2, 0.25) is 5.02 Å². The number of carbonyl (C=O) groups is 2. The summed E-state index contributed by atoms with van der Waals surface area (Å²) in [6, 6.07) is 13.3. The van der Waals surface area contributed by atoms with Crippen molar-refractivity contribution in [3.8, 4) is 0 Å². The number of halogens is 1. The molecule has 2 aromatic carbocycles. The van der Waals surface area contributed by atoms with Crippen LogP contribution in [0.25, 0.3) is 10.9 Å². The lowest BCUT2D eigenvalue weighted by molar-refractivity contribution is -0.148. The zero-order valence-electron chi connectivity index (χ0n) is 15.1. The first-order chi connectivity index (χ1) is 13.4. The van der Waals surface area contributed by atoms with Crippen LogP contribution in [0.1, 0.15) is 35.6 Å². The highest BCUT2D eigenvalue weighted by Crippen LogP contribution is 2.15. The van der Waals surface area contributed by atoms with Crippen LogP contribution in [0.4, 0.5) is 0 Å². The average Bonchev–Trinajstić information content (AvgIpc) is 2.68. The van der Waals surface area contributed by atoms with E-state index in [1.807, 2.05) is 0 Å². The van der Waals surface area contributed by atoms with Crippen molar-refractivity contribution in [2.24, 2.45) is 0 Å². The number of H-pyrrole nitrogens is 1. The quantitative estimate of drug-likeness (QED) is 0.620. The molecule has 0 aliphatic heterocycles. The second-order valence-corrected chi connectivity index (χ2v) is 6.55. The summed E-state index contributed by atoms with van der Waals surface area (Å²) in [5.74, 6) is -0.556. The maximum atomic E-state index is 12.1. The van der Waals surface area contributed by atoms with Crippen LogP contribution in [0.5, 0.6) is 0 Å². The van der Waals surface area contributed by atoms with Crippen molar-refractivity contribution in [3.05, 3.63) is 75.3 Å². The second kappa shape index (κ2) is 8.67. The summed E-state index contributed by atoms with van der Waals surface area (Å²) in [6.45, 7) is 1.74. The molecule has 0 aliphatic rings. The molecular formula is C20H18ClN3O4. The van der Waals surface area contributed by atoms with Gasteiger partial charge in [-0.3, -0.25) is 14.4 Å². The van der Waals surface area contributed by atoms with Gasteiger partial charge in [-0.25, -0.2) is 4.98 Å². The number of para-hydroxylation sites is 1. The van der Waals surface area contributed by atoms with Crippen molar-refractivity contribution in [1.29, 1.82) is 0 Å². The number of rotatable bonds is 6. The number of aromatic amines is 1. The van der Waals surface area contributed by atoms with E-state index in [9.17, 15) is 14.4 Å². The first-order valence-electron chi connectivity index (χ1n) is 8.66. The SMILES string of the molecule is C[C@@H](OC(=O)CCNC(=O)c1ccc(Cl)cc1)c1nc2ccccc2c(=O)[nH]1. The van der Waals surface area contributed by atoms with Gasteiger partial charge in [0.05, 0.1) is 17.3 Å². The minimum atomic E-state index is -0.725. The molecule has 0 unspecified atom stereocenters. The third-order valence-corrected chi connectivity index (χ3v) is 4.30. The lowest BCUT2D eigenvalue weighted by Crippen LogP contribution is -2.27. The summed E-state index contributed by atoms with van der Waals surface area (Å²) < 4.78 is 5.30. The largest absolute Gasteiger partial charge is 0.454 e. The predicted molar refractivity (Wildman–Crippen MR) is 105 cm³/mol. The molecule has 3 rings (SSSR count). The van der Waals surface area contributed by atoms with Crippen molar-refractivity contribution >= 4 is 34.4 Å². The van der Waals surface area contributed by atoms with Gasteiger partial charge in [0.2, 0.25) is 0 Å². The van der Waals surface area contributed by atoms with E-state index < -0.39 is 12.1 Å². The summed E-state index contributed by atoms with van der Waals surface area (Å²) in [6.07, 6.45) is -0.738. The lowest BCUT2D eigenvalue weighted by atomic mass is 10.2. The van der Waals surface area contributed by atoms with Crippen molar-refractivity contribution in [2.75, 3.05) is 6.54 Å². The van der Waals surface area contributed by atoms with Crippen LogP contribution in [-0.4, -0.2) is 28.4 Å². The fourth-order valence-electron chi connectivity index (χ4n) is 2.59. The molecule has 7 nitrogen and oxygen atoms in total. The third-order valence-electron chi connectivity index (χ3n) is 4.05. The van der Waals surface area contributed by atoms with Gasteiger partial charge in [0.25, 0.3) is 11.5 Å². The number of hydrogen-bond acceptors (Lipinski definition) is 5. The number of fused-ring (bicyclic) bond motifs is 1. The Morgan fingerprint density at radius 1 is 1.18 bits per heavy atom. The molecule has 1 atom stereocenters. The van der Waals surface area contributed by atoms with Gasteiger partial charge in [-0.05, 0) is 43.3 Å². The van der Waals surface area contributed by atoms with Crippen LogP contribution in [0, 0.1) is 0 Å². The van der Waals surface area contributed by atoms with Crippen LogP contribution < -0.4 is 10.9 Å². The summed E-state index contributed by atoms with van der Waals surface area (Å²) in [5, 5.41) is 3.64. The van der Waals surface area contributed by atoms with Gasteiger partial charge in [-0.1, -0.05) is 23.7 Å². The summed E-state index contributed by atoms with van der Waals surface area (Å²) in [4.78, 5) is 43.1. The summed E-state index contributed by atoms with van der Waals surface area (Å²) in [5.41, 5.74) is 0.683. The Morgan fingerprint density at radius 3 is 2.64 bits per heavy atom. The molecule has 0 saturated heterocycles. The standard InChI is InChI=1S/C20H18ClN3O4/c1-12(18-23-16-5-3-2-4-15(16)20(27)24-18)28-17(25)10-11-22-19(26)13-6-8-14(21)9-7-13/h2-9,12H,10-11H2,1H3,(H,22,26)(H,23,24,27)/t12-/m1/s1. The monoisotopic (exact) mass is 399 g/mol.